The average Bonchev–Trinajstić information content (AvgIpc) is 3.06. The summed E-state index contributed by atoms with van der Waals surface area (Å²) in [6, 6.07) is 18.3. The molecule has 0 aliphatic carbocycles. The maximum absolute atomic E-state index is 5.76. The van der Waals surface area contributed by atoms with Crippen LogP contribution < -0.4 is 4.74 Å². The number of nitrogens with zero attached hydrogens (tertiary/aromatic N) is 4. The van der Waals surface area contributed by atoms with Crippen LogP contribution in [0.1, 0.15) is 11.1 Å². The van der Waals surface area contributed by atoms with Crippen LogP contribution in [0.3, 0.4) is 0 Å². The number of ether oxygens (including phenoxy) is 1. The van der Waals surface area contributed by atoms with Crippen LogP contribution in [0.25, 0.3) is 0 Å². The van der Waals surface area contributed by atoms with Crippen molar-refractivity contribution >= 4 is 0 Å². The van der Waals surface area contributed by atoms with E-state index in [9.17, 15) is 0 Å². The van der Waals surface area contributed by atoms with Crippen LogP contribution in [0.5, 0.6) is 5.75 Å². The summed E-state index contributed by atoms with van der Waals surface area (Å²) in [7, 11) is 0. The number of tetrazole rings is 1. The lowest BCUT2D eigenvalue weighted by Gasteiger charge is -2.07. The maximum Gasteiger partial charge on any atom is 0.138 e. The van der Waals surface area contributed by atoms with Crippen molar-refractivity contribution in [1.82, 2.24) is 20.2 Å². The quantitative estimate of drug-likeness (QED) is 0.696. The minimum atomic E-state index is 0.588. The summed E-state index contributed by atoms with van der Waals surface area (Å²) in [6.45, 7) is 1.36. The highest BCUT2D eigenvalue weighted by molar-refractivity contribution is 5.27. The summed E-state index contributed by atoms with van der Waals surface area (Å²) < 4.78 is 7.48. The Morgan fingerprint density at radius 1 is 0.905 bits per heavy atom. The van der Waals surface area contributed by atoms with E-state index in [1.165, 1.54) is 11.1 Å². The van der Waals surface area contributed by atoms with Gasteiger partial charge in [0.15, 0.2) is 0 Å². The van der Waals surface area contributed by atoms with Crippen LogP contribution in [0.2, 0.25) is 0 Å². The summed E-state index contributed by atoms with van der Waals surface area (Å²) in [5.74, 6) is 0.880. The Morgan fingerprint density at radius 2 is 1.71 bits per heavy atom. The number of benzene rings is 2. The number of rotatable bonds is 6. The van der Waals surface area contributed by atoms with E-state index in [2.05, 4.69) is 39.8 Å². The zero-order valence-electron chi connectivity index (χ0n) is 11.6. The van der Waals surface area contributed by atoms with Gasteiger partial charge in [0.25, 0.3) is 0 Å². The van der Waals surface area contributed by atoms with E-state index in [4.69, 9.17) is 4.74 Å². The van der Waals surface area contributed by atoms with Gasteiger partial charge in [-0.15, -0.1) is 5.10 Å². The van der Waals surface area contributed by atoms with Gasteiger partial charge in [0, 0.05) is 6.54 Å². The molecule has 0 saturated heterocycles. The normalized spacial score (nSPS) is 10.5. The molecular weight excluding hydrogens is 264 g/mol. The molecular formula is C16H16N4O. The number of hydrogen-bond donors (Lipinski definition) is 0. The zero-order valence-corrected chi connectivity index (χ0v) is 11.6. The average molecular weight is 280 g/mol. The third kappa shape index (κ3) is 3.89. The monoisotopic (exact) mass is 280 g/mol. The molecule has 3 rings (SSSR count). The van der Waals surface area contributed by atoms with Crippen molar-refractivity contribution in [3.8, 4) is 5.75 Å². The molecule has 0 amide bonds. The van der Waals surface area contributed by atoms with Crippen LogP contribution in [-0.2, 0) is 19.6 Å². The molecule has 5 heteroatoms. The van der Waals surface area contributed by atoms with Gasteiger partial charge >= 0.3 is 0 Å². The number of aryl methyl sites for hydroxylation is 2. The second-order valence-corrected chi connectivity index (χ2v) is 4.74. The lowest BCUT2D eigenvalue weighted by atomic mass is 10.1. The fourth-order valence-corrected chi connectivity index (χ4v) is 2.02. The first kappa shape index (κ1) is 13.3. The first-order chi connectivity index (χ1) is 10.4. The molecule has 21 heavy (non-hydrogen) atoms. The Labute approximate surface area is 123 Å². The molecule has 3 aromatic rings. The van der Waals surface area contributed by atoms with Crippen LogP contribution in [0.15, 0.2) is 60.9 Å². The Kier molecular flexibility index (Phi) is 4.21. The first-order valence-corrected chi connectivity index (χ1v) is 6.86. The second kappa shape index (κ2) is 6.65. The van der Waals surface area contributed by atoms with Crippen LogP contribution in [0.4, 0.5) is 0 Å². The maximum atomic E-state index is 5.76. The third-order valence-electron chi connectivity index (χ3n) is 3.19. The molecule has 0 atom stereocenters. The minimum Gasteiger partial charge on any atom is -0.489 e. The molecule has 0 saturated carbocycles. The van der Waals surface area contributed by atoms with E-state index in [0.717, 1.165) is 18.7 Å². The molecule has 0 spiro atoms. The van der Waals surface area contributed by atoms with Crippen molar-refractivity contribution in [3.05, 3.63) is 72.1 Å². The van der Waals surface area contributed by atoms with E-state index < -0.39 is 0 Å². The summed E-state index contributed by atoms with van der Waals surface area (Å²) >= 11 is 0. The second-order valence-electron chi connectivity index (χ2n) is 4.74. The van der Waals surface area contributed by atoms with E-state index in [-0.39, 0.29) is 0 Å². The van der Waals surface area contributed by atoms with Crippen LogP contribution in [0, 0.1) is 0 Å². The smallest absolute Gasteiger partial charge is 0.138 e. The molecule has 0 N–H and O–H groups in total. The molecule has 1 heterocycles. The topological polar surface area (TPSA) is 52.8 Å². The van der Waals surface area contributed by atoms with E-state index in [1.807, 2.05) is 30.3 Å². The standard InChI is InChI=1S/C16H16N4O/c1-2-4-15(5-3-1)12-21-16-8-6-14(7-9-16)10-11-20-13-17-18-19-20/h1-9,13H,10-12H2. The highest BCUT2D eigenvalue weighted by Crippen LogP contribution is 2.14. The largest absolute Gasteiger partial charge is 0.489 e. The van der Waals surface area contributed by atoms with Gasteiger partial charge in [-0.25, -0.2) is 4.68 Å². The minimum absolute atomic E-state index is 0.588. The first-order valence-electron chi connectivity index (χ1n) is 6.86. The molecule has 0 unspecified atom stereocenters. The van der Waals surface area contributed by atoms with Gasteiger partial charge in [-0.2, -0.15) is 0 Å². The third-order valence-corrected chi connectivity index (χ3v) is 3.19. The van der Waals surface area contributed by atoms with Crippen molar-refractivity contribution in [3.63, 3.8) is 0 Å². The molecule has 0 aliphatic rings. The Morgan fingerprint density at radius 3 is 2.43 bits per heavy atom. The zero-order chi connectivity index (χ0) is 14.3. The van der Waals surface area contributed by atoms with Gasteiger partial charge in [-0.05, 0) is 40.1 Å². The number of aromatic nitrogens is 4. The van der Waals surface area contributed by atoms with Crippen molar-refractivity contribution < 1.29 is 4.74 Å². The molecule has 0 aliphatic heterocycles. The summed E-state index contributed by atoms with van der Waals surface area (Å²) in [5, 5.41) is 11.1. The lowest BCUT2D eigenvalue weighted by molar-refractivity contribution is 0.306. The fraction of sp³-hybridized carbons (Fsp3) is 0.188. The lowest BCUT2D eigenvalue weighted by Crippen LogP contribution is -2.02. The van der Waals surface area contributed by atoms with Crippen molar-refractivity contribution in [2.45, 2.75) is 19.6 Å². The fourth-order valence-electron chi connectivity index (χ4n) is 2.02. The summed E-state index contributed by atoms with van der Waals surface area (Å²) in [5.41, 5.74) is 2.40. The molecule has 0 radical (unpaired) electrons. The van der Waals surface area contributed by atoms with Crippen LogP contribution in [-0.4, -0.2) is 20.2 Å². The predicted molar refractivity (Wildman–Crippen MR) is 78.7 cm³/mol. The Bertz CT molecular complexity index is 651. The van der Waals surface area contributed by atoms with Gasteiger partial charge < -0.3 is 4.74 Å². The Hall–Kier alpha value is -2.69. The van der Waals surface area contributed by atoms with Crippen molar-refractivity contribution in [2.75, 3.05) is 0 Å². The van der Waals surface area contributed by atoms with Crippen molar-refractivity contribution in [1.29, 1.82) is 0 Å². The highest BCUT2D eigenvalue weighted by Gasteiger charge is 1.99. The van der Waals surface area contributed by atoms with E-state index >= 15 is 0 Å². The van der Waals surface area contributed by atoms with E-state index in [0.29, 0.717) is 6.61 Å². The van der Waals surface area contributed by atoms with Crippen LogP contribution >= 0.6 is 0 Å². The summed E-state index contributed by atoms with van der Waals surface area (Å²) in [4.78, 5) is 0. The van der Waals surface area contributed by atoms with Gasteiger partial charge in [0.05, 0.1) is 0 Å². The molecule has 106 valence electrons. The Balaban J connectivity index is 1.52. The van der Waals surface area contributed by atoms with Gasteiger partial charge in [0.2, 0.25) is 0 Å². The van der Waals surface area contributed by atoms with Gasteiger partial charge in [0.1, 0.15) is 18.7 Å². The van der Waals surface area contributed by atoms with Crippen molar-refractivity contribution in [2.24, 2.45) is 0 Å². The predicted octanol–water partition coefficient (Wildman–Crippen LogP) is 2.49. The van der Waals surface area contributed by atoms with Gasteiger partial charge in [-0.3, -0.25) is 0 Å². The molecule has 2 aromatic carbocycles. The highest BCUT2D eigenvalue weighted by atomic mass is 16.5. The molecule has 1 aromatic heterocycles. The van der Waals surface area contributed by atoms with Gasteiger partial charge in [-0.1, -0.05) is 42.5 Å². The van der Waals surface area contributed by atoms with E-state index in [1.54, 1.807) is 11.0 Å². The molecule has 0 fully saturated rings. The summed E-state index contributed by atoms with van der Waals surface area (Å²) in [6.07, 6.45) is 2.52. The molecule has 0 bridgehead atoms. The number of hydrogen-bond acceptors (Lipinski definition) is 4. The molecule has 5 nitrogen and oxygen atoms in total. The SMILES string of the molecule is c1ccc(COc2ccc(CCn3cnnn3)cc2)cc1.